The molecule has 0 aliphatic rings. The van der Waals surface area contributed by atoms with Crippen LogP contribution in [0, 0.1) is 0 Å². The molecule has 0 spiro atoms. The van der Waals surface area contributed by atoms with Crippen LogP contribution in [0.3, 0.4) is 0 Å². The molecule has 2 aromatic carbocycles. The van der Waals surface area contributed by atoms with Crippen molar-refractivity contribution in [1.29, 1.82) is 0 Å². The van der Waals surface area contributed by atoms with Crippen LogP contribution in [0.25, 0.3) is 0 Å². The molecular formula is C15H16ClNO. The van der Waals surface area contributed by atoms with Crippen molar-refractivity contribution in [2.24, 2.45) is 0 Å². The molecule has 0 saturated heterocycles. The van der Waals surface area contributed by atoms with Crippen LogP contribution in [0.15, 0.2) is 48.5 Å². The Morgan fingerprint density at radius 2 is 1.94 bits per heavy atom. The predicted octanol–water partition coefficient (Wildman–Crippen LogP) is 3.14. The monoisotopic (exact) mass is 261 g/mol. The van der Waals surface area contributed by atoms with Gasteiger partial charge in [0.05, 0.1) is 0 Å². The van der Waals surface area contributed by atoms with Crippen LogP contribution >= 0.6 is 11.6 Å². The van der Waals surface area contributed by atoms with Gasteiger partial charge in [0.1, 0.15) is 6.10 Å². The van der Waals surface area contributed by atoms with E-state index in [2.05, 4.69) is 5.32 Å². The summed E-state index contributed by atoms with van der Waals surface area (Å²) in [5, 5.41) is 14.2. The zero-order valence-corrected chi connectivity index (χ0v) is 11.0. The number of aliphatic hydroxyl groups excluding tert-OH is 1. The van der Waals surface area contributed by atoms with Gasteiger partial charge in [-0.3, -0.25) is 0 Å². The molecular weight excluding hydrogens is 246 g/mol. The van der Waals surface area contributed by atoms with E-state index in [1.807, 2.05) is 43.4 Å². The number of hydrogen-bond acceptors (Lipinski definition) is 2. The lowest BCUT2D eigenvalue weighted by atomic mass is 9.97. The van der Waals surface area contributed by atoms with E-state index in [0.717, 1.165) is 23.2 Å². The molecule has 2 N–H and O–H groups in total. The van der Waals surface area contributed by atoms with Crippen molar-refractivity contribution in [3.05, 3.63) is 70.2 Å². The van der Waals surface area contributed by atoms with Gasteiger partial charge in [-0.15, -0.1) is 0 Å². The first kappa shape index (κ1) is 13.1. The second kappa shape index (κ2) is 6.01. The SMILES string of the molecule is CNCc1ccccc1[C@@H](O)c1cccc(Cl)c1. The average Bonchev–Trinajstić information content (AvgIpc) is 2.39. The van der Waals surface area contributed by atoms with E-state index in [1.165, 1.54) is 0 Å². The van der Waals surface area contributed by atoms with Gasteiger partial charge in [-0.1, -0.05) is 48.0 Å². The molecule has 0 fully saturated rings. The highest BCUT2D eigenvalue weighted by atomic mass is 35.5. The van der Waals surface area contributed by atoms with E-state index in [9.17, 15) is 5.11 Å². The summed E-state index contributed by atoms with van der Waals surface area (Å²) >= 11 is 5.95. The van der Waals surface area contributed by atoms with Gasteiger partial charge < -0.3 is 10.4 Å². The Hall–Kier alpha value is -1.35. The van der Waals surface area contributed by atoms with E-state index in [0.29, 0.717) is 5.02 Å². The van der Waals surface area contributed by atoms with Crippen molar-refractivity contribution in [3.63, 3.8) is 0 Å². The van der Waals surface area contributed by atoms with Crippen LogP contribution in [0.2, 0.25) is 5.02 Å². The van der Waals surface area contributed by atoms with Crippen LogP contribution in [-0.2, 0) is 6.54 Å². The third kappa shape index (κ3) is 2.91. The highest BCUT2D eigenvalue weighted by molar-refractivity contribution is 6.30. The fourth-order valence-electron chi connectivity index (χ4n) is 2.01. The lowest BCUT2D eigenvalue weighted by molar-refractivity contribution is 0.219. The Kier molecular flexibility index (Phi) is 4.37. The third-order valence-corrected chi connectivity index (χ3v) is 3.12. The fraction of sp³-hybridized carbons (Fsp3) is 0.200. The quantitative estimate of drug-likeness (QED) is 0.886. The van der Waals surface area contributed by atoms with Crippen LogP contribution in [0.4, 0.5) is 0 Å². The molecule has 2 rings (SSSR count). The van der Waals surface area contributed by atoms with Crippen molar-refractivity contribution in [1.82, 2.24) is 5.32 Å². The summed E-state index contributed by atoms with van der Waals surface area (Å²) in [7, 11) is 1.89. The van der Waals surface area contributed by atoms with Crippen molar-refractivity contribution in [3.8, 4) is 0 Å². The maximum atomic E-state index is 10.4. The van der Waals surface area contributed by atoms with Gasteiger partial charge in [-0.2, -0.15) is 0 Å². The first-order chi connectivity index (χ1) is 8.72. The van der Waals surface area contributed by atoms with E-state index in [4.69, 9.17) is 11.6 Å². The van der Waals surface area contributed by atoms with Gasteiger partial charge in [0, 0.05) is 11.6 Å². The largest absolute Gasteiger partial charge is 0.384 e. The van der Waals surface area contributed by atoms with Gasteiger partial charge in [-0.05, 0) is 35.9 Å². The molecule has 3 heteroatoms. The molecule has 0 radical (unpaired) electrons. The van der Waals surface area contributed by atoms with Gasteiger partial charge in [0.25, 0.3) is 0 Å². The van der Waals surface area contributed by atoms with Gasteiger partial charge in [0.2, 0.25) is 0 Å². The van der Waals surface area contributed by atoms with E-state index in [-0.39, 0.29) is 0 Å². The Morgan fingerprint density at radius 3 is 2.67 bits per heavy atom. The van der Waals surface area contributed by atoms with Gasteiger partial charge >= 0.3 is 0 Å². The molecule has 94 valence electrons. The minimum atomic E-state index is -0.645. The maximum Gasteiger partial charge on any atom is 0.104 e. The predicted molar refractivity (Wildman–Crippen MR) is 74.7 cm³/mol. The fourth-order valence-corrected chi connectivity index (χ4v) is 2.21. The van der Waals surface area contributed by atoms with E-state index >= 15 is 0 Å². The number of nitrogens with one attached hydrogen (secondary N) is 1. The van der Waals surface area contributed by atoms with Gasteiger partial charge in [-0.25, -0.2) is 0 Å². The molecule has 1 atom stereocenters. The summed E-state index contributed by atoms with van der Waals surface area (Å²) < 4.78 is 0. The Bertz CT molecular complexity index is 527. The second-order valence-electron chi connectivity index (χ2n) is 4.19. The first-order valence-electron chi connectivity index (χ1n) is 5.88. The minimum Gasteiger partial charge on any atom is -0.384 e. The Morgan fingerprint density at radius 1 is 1.17 bits per heavy atom. The standard InChI is InChI=1S/C15H16ClNO/c1-17-10-12-5-2-3-8-14(12)15(18)11-6-4-7-13(16)9-11/h2-9,15,17-18H,10H2,1H3/t15-/m0/s1. The molecule has 0 aromatic heterocycles. The topological polar surface area (TPSA) is 32.3 Å². The number of hydrogen-bond donors (Lipinski definition) is 2. The normalized spacial score (nSPS) is 12.4. The summed E-state index contributed by atoms with van der Waals surface area (Å²) in [6.07, 6.45) is -0.645. The van der Waals surface area contributed by atoms with Crippen LogP contribution in [0.5, 0.6) is 0 Å². The molecule has 0 heterocycles. The molecule has 0 amide bonds. The van der Waals surface area contributed by atoms with Crippen molar-refractivity contribution < 1.29 is 5.11 Å². The maximum absolute atomic E-state index is 10.4. The average molecular weight is 262 g/mol. The Labute approximate surface area is 112 Å². The van der Waals surface area contributed by atoms with Crippen LogP contribution < -0.4 is 5.32 Å². The summed E-state index contributed by atoms with van der Waals surface area (Å²) in [6, 6.07) is 15.2. The van der Waals surface area contributed by atoms with Gasteiger partial charge in [0.15, 0.2) is 0 Å². The third-order valence-electron chi connectivity index (χ3n) is 2.88. The van der Waals surface area contributed by atoms with Crippen molar-refractivity contribution in [2.45, 2.75) is 12.6 Å². The lowest BCUT2D eigenvalue weighted by Crippen LogP contribution is -2.10. The summed E-state index contributed by atoms with van der Waals surface area (Å²) in [6.45, 7) is 0.730. The second-order valence-corrected chi connectivity index (χ2v) is 4.62. The van der Waals surface area contributed by atoms with Crippen LogP contribution in [-0.4, -0.2) is 12.2 Å². The highest BCUT2D eigenvalue weighted by Crippen LogP contribution is 2.26. The molecule has 0 saturated carbocycles. The number of halogens is 1. The number of aliphatic hydroxyl groups is 1. The lowest BCUT2D eigenvalue weighted by Gasteiger charge is -2.16. The van der Waals surface area contributed by atoms with E-state index < -0.39 is 6.10 Å². The smallest absolute Gasteiger partial charge is 0.104 e. The zero-order valence-electron chi connectivity index (χ0n) is 10.2. The highest BCUT2D eigenvalue weighted by Gasteiger charge is 2.13. The van der Waals surface area contributed by atoms with Crippen LogP contribution in [0.1, 0.15) is 22.8 Å². The molecule has 0 aliphatic heterocycles. The zero-order chi connectivity index (χ0) is 13.0. The summed E-state index contributed by atoms with van der Waals surface area (Å²) in [5.74, 6) is 0. The number of benzene rings is 2. The first-order valence-corrected chi connectivity index (χ1v) is 6.26. The molecule has 2 aromatic rings. The summed E-state index contributed by atoms with van der Waals surface area (Å²) in [4.78, 5) is 0. The molecule has 0 aliphatic carbocycles. The number of rotatable bonds is 4. The molecule has 18 heavy (non-hydrogen) atoms. The molecule has 2 nitrogen and oxygen atoms in total. The Balaban J connectivity index is 2.36. The molecule has 0 unspecified atom stereocenters. The van der Waals surface area contributed by atoms with E-state index in [1.54, 1.807) is 12.1 Å². The minimum absolute atomic E-state index is 0.637. The van der Waals surface area contributed by atoms with Crippen molar-refractivity contribution in [2.75, 3.05) is 7.05 Å². The van der Waals surface area contributed by atoms with Crippen molar-refractivity contribution >= 4 is 11.6 Å². The summed E-state index contributed by atoms with van der Waals surface area (Å²) in [5.41, 5.74) is 2.81. The molecule has 0 bridgehead atoms.